The molecule has 0 aromatic rings. The average molecular weight is 355 g/mol. The number of halogens is 1. The lowest BCUT2D eigenvalue weighted by molar-refractivity contribution is -0.203. The Morgan fingerprint density at radius 3 is 2.59 bits per heavy atom. The summed E-state index contributed by atoms with van der Waals surface area (Å²) in [6.07, 6.45) is -0.421. The van der Waals surface area contributed by atoms with E-state index in [1.807, 2.05) is 0 Å². The quantitative estimate of drug-likeness (QED) is 0.390. The monoisotopic (exact) mass is 355 g/mol. The first kappa shape index (κ1) is 18.5. The summed E-state index contributed by atoms with van der Waals surface area (Å²) >= 11 is -0.271. The predicted molar refractivity (Wildman–Crippen MR) is 83.4 cm³/mol. The second kappa shape index (κ2) is 8.29. The number of hydrogen-bond donors (Lipinski definition) is 4. The van der Waals surface area contributed by atoms with Gasteiger partial charge in [-0.3, -0.25) is 0 Å². The molecule has 1 fully saturated rings. The molecule has 6 nitrogen and oxygen atoms in total. The van der Waals surface area contributed by atoms with Crippen molar-refractivity contribution in [2.45, 2.75) is 54.9 Å². The van der Waals surface area contributed by atoms with E-state index in [1.165, 1.54) is 6.26 Å². The number of ether oxygens (including phenoxy) is 1. The number of thioether (sulfide) groups is 1. The van der Waals surface area contributed by atoms with E-state index >= 15 is 0 Å². The predicted octanol–water partition coefficient (Wildman–Crippen LogP) is -0.533. The molecule has 8 atom stereocenters. The zero-order chi connectivity index (χ0) is 16.3. The van der Waals surface area contributed by atoms with E-state index in [9.17, 15) is 24.3 Å². The van der Waals surface area contributed by atoms with Crippen LogP contribution >= 0.6 is 11.8 Å². The van der Waals surface area contributed by atoms with Crippen molar-refractivity contribution in [2.24, 2.45) is 0 Å². The van der Waals surface area contributed by atoms with Crippen molar-refractivity contribution in [3.05, 3.63) is 12.2 Å². The van der Waals surface area contributed by atoms with E-state index in [-0.39, 0.29) is 12.2 Å². The summed E-state index contributed by atoms with van der Waals surface area (Å²) in [5, 5.41) is 30.2. The van der Waals surface area contributed by atoms with Gasteiger partial charge < -0.3 is 24.6 Å². The molecule has 0 aromatic heterocycles. The maximum absolute atomic E-state index is 13.7. The molecular weight excluding hydrogens is 333 g/mol. The zero-order valence-electron chi connectivity index (χ0n) is 12.2. The molecule has 0 aliphatic carbocycles. The van der Waals surface area contributed by atoms with E-state index in [2.05, 4.69) is 4.72 Å². The molecule has 2 aliphatic heterocycles. The Bertz CT molecular complexity index is 389. The molecule has 2 rings (SSSR count). The fourth-order valence-electron chi connectivity index (χ4n) is 2.56. The highest BCUT2D eigenvalue weighted by molar-refractivity contribution is 7.99. The van der Waals surface area contributed by atoms with Gasteiger partial charge in [0.05, 0.1) is 6.04 Å². The Morgan fingerprint density at radius 2 is 1.91 bits per heavy atom. The number of allylic oxidation sites excluding steroid dienone is 1. The second-order valence-corrected chi connectivity index (χ2v) is 7.77. The standard InChI is InChI=1S/C13H22FNO5S2/c1-22(19)15-8-5-3-2-4-7(14)6-21-13-11(18)9(16)10(17)12(8)20-13/h2-3,7-13,15-18H,4-6H2,1H3/b3-2-/t7?,8-,9?,10?,11-,12-,13?,22?/m1/s1. The van der Waals surface area contributed by atoms with Gasteiger partial charge in [0.1, 0.15) is 42.3 Å². The molecule has 2 heterocycles. The third kappa shape index (κ3) is 4.57. The van der Waals surface area contributed by atoms with Gasteiger partial charge in [-0.1, -0.05) is 12.2 Å². The van der Waals surface area contributed by atoms with Crippen LogP contribution in [0.15, 0.2) is 12.2 Å². The van der Waals surface area contributed by atoms with Crippen molar-refractivity contribution in [2.75, 3.05) is 12.0 Å². The zero-order valence-corrected chi connectivity index (χ0v) is 13.8. The van der Waals surface area contributed by atoms with Crippen molar-refractivity contribution in [3.63, 3.8) is 0 Å². The van der Waals surface area contributed by atoms with Gasteiger partial charge in [-0.2, -0.15) is 0 Å². The van der Waals surface area contributed by atoms with Crippen LogP contribution in [0.25, 0.3) is 0 Å². The lowest BCUT2D eigenvalue weighted by atomic mass is 9.93. The van der Waals surface area contributed by atoms with Gasteiger partial charge in [-0.25, -0.2) is 4.39 Å². The lowest BCUT2D eigenvalue weighted by Crippen LogP contribution is -2.62. The number of hydrogen-bond acceptors (Lipinski definition) is 7. The molecule has 2 aliphatic rings. The maximum Gasteiger partial charge on any atom is 0.132 e. The van der Waals surface area contributed by atoms with Crippen molar-refractivity contribution < 1.29 is 29.0 Å². The van der Waals surface area contributed by atoms with Crippen LogP contribution in [0.2, 0.25) is 0 Å². The third-order valence-electron chi connectivity index (χ3n) is 3.71. The molecule has 0 radical (unpaired) electrons. The summed E-state index contributed by atoms with van der Waals surface area (Å²) in [5.74, 6) is 0.124. The number of aliphatic hydroxyl groups is 3. The number of fused-ring (bicyclic) bond motifs is 2. The van der Waals surface area contributed by atoms with E-state index in [1.54, 1.807) is 12.2 Å². The van der Waals surface area contributed by atoms with Crippen LogP contribution in [0.4, 0.5) is 4.39 Å². The smallest absolute Gasteiger partial charge is 0.132 e. The molecule has 5 unspecified atom stereocenters. The fourth-order valence-corrected chi connectivity index (χ4v) is 4.32. The Balaban J connectivity index is 2.22. The highest BCUT2D eigenvalue weighted by Crippen LogP contribution is 2.32. The van der Waals surface area contributed by atoms with Crippen molar-refractivity contribution in [3.8, 4) is 0 Å². The number of nitrogens with one attached hydrogen (secondary N) is 1. The normalized spacial score (nSPS) is 46.5. The number of alkyl halides is 1. The van der Waals surface area contributed by atoms with Gasteiger partial charge in [0.2, 0.25) is 0 Å². The van der Waals surface area contributed by atoms with Crippen LogP contribution in [0.5, 0.6) is 0 Å². The van der Waals surface area contributed by atoms with E-state index in [4.69, 9.17) is 4.74 Å². The van der Waals surface area contributed by atoms with Gasteiger partial charge in [0.15, 0.2) is 0 Å². The summed E-state index contributed by atoms with van der Waals surface area (Å²) < 4.78 is 33.6. The average Bonchev–Trinajstić information content (AvgIpc) is 2.49. The highest BCUT2D eigenvalue weighted by atomic mass is 32.2. The molecule has 0 saturated carbocycles. The van der Waals surface area contributed by atoms with Gasteiger partial charge in [0, 0.05) is 17.1 Å². The Morgan fingerprint density at radius 1 is 1.23 bits per heavy atom. The number of rotatable bonds is 2. The minimum atomic E-state index is -1.39. The van der Waals surface area contributed by atoms with Gasteiger partial charge in [-0.05, 0) is 12.8 Å². The van der Waals surface area contributed by atoms with Crippen LogP contribution in [0.1, 0.15) is 12.8 Å². The molecule has 0 amide bonds. The SMILES string of the molecule is C[S+]([O-])N[C@@H]1C/C=C\CC(F)CSC2O[C@H]1C(O)C(O)[C@H]2O. The van der Waals surface area contributed by atoms with Crippen LogP contribution in [-0.4, -0.2) is 73.9 Å². The van der Waals surface area contributed by atoms with Crippen LogP contribution in [0.3, 0.4) is 0 Å². The first-order valence-electron chi connectivity index (χ1n) is 7.10. The van der Waals surface area contributed by atoms with E-state index in [0.29, 0.717) is 6.42 Å². The summed E-state index contributed by atoms with van der Waals surface area (Å²) in [7, 11) is 0. The first-order chi connectivity index (χ1) is 10.4. The molecular formula is C13H22FNO5S2. The van der Waals surface area contributed by atoms with Crippen molar-refractivity contribution in [1.82, 2.24) is 4.72 Å². The Labute approximate surface area is 136 Å². The van der Waals surface area contributed by atoms with Crippen LogP contribution < -0.4 is 4.72 Å². The maximum atomic E-state index is 13.7. The molecule has 22 heavy (non-hydrogen) atoms. The fraction of sp³-hybridized carbons (Fsp3) is 0.846. The Hall–Kier alpha value is 0.130. The first-order valence-corrected chi connectivity index (χ1v) is 9.70. The number of aliphatic hydroxyl groups excluding tert-OH is 3. The molecule has 1 saturated heterocycles. The highest BCUT2D eigenvalue weighted by Gasteiger charge is 2.47. The minimum Gasteiger partial charge on any atom is -0.598 e. The van der Waals surface area contributed by atoms with Crippen molar-refractivity contribution in [1.29, 1.82) is 0 Å². The minimum absolute atomic E-state index is 0.124. The molecule has 2 bridgehead atoms. The second-order valence-electron chi connectivity index (χ2n) is 5.49. The van der Waals surface area contributed by atoms with Gasteiger partial charge in [0.25, 0.3) is 0 Å². The summed E-state index contributed by atoms with van der Waals surface area (Å²) in [6, 6.07) is -0.515. The van der Waals surface area contributed by atoms with Gasteiger partial charge >= 0.3 is 0 Å². The third-order valence-corrected chi connectivity index (χ3v) is 5.62. The molecule has 0 spiro atoms. The van der Waals surface area contributed by atoms with Gasteiger partial charge in [-0.15, -0.1) is 16.5 Å². The largest absolute Gasteiger partial charge is 0.598 e. The molecule has 128 valence electrons. The molecule has 9 heteroatoms. The van der Waals surface area contributed by atoms with Crippen LogP contribution in [0, 0.1) is 0 Å². The van der Waals surface area contributed by atoms with Crippen LogP contribution in [-0.2, 0) is 16.1 Å². The summed E-state index contributed by atoms with van der Waals surface area (Å²) in [6.45, 7) is 0. The summed E-state index contributed by atoms with van der Waals surface area (Å²) in [5.41, 5.74) is -0.839. The summed E-state index contributed by atoms with van der Waals surface area (Å²) in [4.78, 5) is 0. The topological polar surface area (TPSA) is 105 Å². The molecule has 0 aromatic carbocycles. The molecule has 4 N–H and O–H groups in total. The van der Waals surface area contributed by atoms with E-state index in [0.717, 1.165) is 11.8 Å². The van der Waals surface area contributed by atoms with Crippen molar-refractivity contribution >= 4 is 23.1 Å². The van der Waals surface area contributed by atoms with E-state index < -0.39 is 53.4 Å². The lowest BCUT2D eigenvalue weighted by Gasteiger charge is -2.42. The Kier molecular flexibility index (Phi) is 6.96.